The number of hydrogen-bond acceptors (Lipinski definition) is 3. The van der Waals surface area contributed by atoms with Crippen molar-refractivity contribution < 1.29 is 5.11 Å². The lowest BCUT2D eigenvalue weighted by Gasteiger charge is -2.42. The van der Waals surface area contributed by atoms with Gasteiger partial charge in [0.15, 0.2) is 0 Å². The molecule has 1 aliphatic carbocycles. The summed E-state index contributed by atoms with van der Waals surface area (Å²) in [6.45, 7) is 2.93. The van der Waals surface area contributed by atoms with Crippen LogP contribution < -0.4 is 5.73 Å². The van der Waals surface area contributed by atoms with E-state index in [0.717, 1.165) is 37.4 Å². The third kappa shape index (κ3) is 4.15. The molecule has 0 aliphatic heterocycles. The lowest BCUT2D eigenvalue weighted by Crippen LogP contribution is -2.44. The molecule has 1 rings (SSSR count). The third-order valence-corrected chi connectivity index (χ3v) is 5.31. The van der Waals surface area contributed by atoms with Gasteiger partial charge in [0.2, 0.25) is 0 Å². The summed E-state index contributed by atoms with van der Waals surface area (Å²) in [7, 11) is 0. The Balaban J connectivity index is 2.45. The maximum atomic E-state index is 10.4. The highest BCUT2D eigenvalue weighted by atomic mass is 32.2. The van der Waals surface area contributed by atoms with E-state index in [0.29, 0.717) is 6.54 Å². The van der Waals surface area contributed by atoms with Crippen molar-refractivity contribution in [3.05, 3.63) is 0 Å². The maximum absolute atomic E-state index is 10.4. The predicted molar refractivity (Wildman–Crippen MR) is 77.4 cm³/mol. The summed E-state index contributed by atoms with van der Waals surface area (Å²) in [4.78, 5) is 0. The highest BCUT2D eigenvalue weighted by Gasteiger charge is 2.39. The number of aliphatic hydroxyl groups excluding tert-OH is 1. The van der Waals surface area contributed by atoms with E-state index >= 15 is 0 Å². The van der Waals surface area contributed by atoms with Gasteiger partial charge in [0, 0.05) is 12.0 Å². The van der Waals surface area contributed by atoms with Gasteiger partial charge >= 0.3 is 0 Å². The fourth-order valence-corrected chi connectivity index (χ4v) is 3.52. The van der Waals surface area contributed by atoms with Gasteiger partial charge in [-0.05, 0) is 56.5 Å². The van der Waals surface area contributed by atoms with Crippen LogP contribution in [-0.4, -0.2) is 29.8 Å². The van der Waals surface area contributed by atoms with Crippen molar-refractivity contribution in [3.63, 3.8) is 0 Å². The Labute approximate surface area is 111 Å². The second kappa shape index (κ2) is 7.65. The molecule has 0 bridgehead atoms. The van der Waals surface area contributed by atoms with Crippen LogP contribution in [0.15, 0.2) is 0 Å². The number of nitrogens with two attached hydrogens (primary N) is 1. The second-order valence-electron chi connectivity index (χ2n) is 5.57. The molecule has 1 fully saturated rings. The smallest absolute Gasteiger partial charge is 0.0608 e. The molecule has 0 spiro atoms. The highest BCUT2D eigenvalue weighted by Crippen LogP contribution is 2.43. The summed E-state index contributed by atoms with van der Waals surface area (Å²) in [6, 6.07) is 0. The van der Waals surface area contributed by atoms with E-state index in [1.807, 2.05) is 11.8 Å². The first-order chi connectivity index (χ1) is 8.18. The first-order valence-corrected chi connectivity index (χ1v) is 8.45. The van der Waals surface area contributed by atoms with Crippen molar-refractivity contribution in [2.45, 2.75) is 58.0 Å². The molecule has 0 heterocycles. The Bertz CT molecular complexity index is 202. The van der Waals surface area contributed by atoms with Crippen LogP contribution in [0.5, 0.6) is 0 Å². The van der Waals surface area contributed by atoms with Gasteiger partial charge in [-0.3, -0.25) is 0 Å². The van der Waals surface area contributed by atoms with E-state index in [-0.39, 0.29) is 11.5 Å². The molecule has 1 saturated carbocycles. The van der Waals surface area contributed by atoms with Gasteiger partial charge in [-0.2, -0.15) is 11.8 Å². The normalized spacial score (nSPS) is 31.4. The fourth-order valence-electron chi connectivity index (χ4n) is 3.06. The average molecular weight is 259 g/mol. The van der Waals surface area contributed by atoms with Gasteiger partial charge in [-0.15, -0.1) is 0 Å². The number of hydrogen-bond donors (Lipinski definition) is 2. The van der Waals surface area contributed by atoms with Gasteiger partial charge in [0.1, 0.15) is 0 Å². The van der Waals surface area contributed by atoms with E-state index < -0.39 is 0 Å². The molecule has 0 saturated heterocycles. The molecule has 0 aromatic carbocycles. The number of rotatable bonds is 7. The topological polar surface area (TPSA) is 46.2 Å². The van der Waals surface area contributed by atoms with Crippen molar-refractivity contribution in [1.29, 1.82) is 0 Å². The van der Waals surface area contributed by atoms with Gasteiger partial charge in [0.05, 0.1) is 6.10 Å². The van der Waals surface area contributed by atoms with Crippen LogP contribution in [0.4, 0.5) is 0 Å². The molecule has 0 amide bonds. The molecule has 1 unspecified atom stereocenters. The SMILES string of the molecule is CCC1CCC(CN)(C(O)CCCSC)CC1. The van der Waals surface area contributed by atoms with Gasteiger partial charge in [-0.25, -0.2) is 0 Å². The standard InChI is InChI=1S/C14H29NOS/c1-3-12-6-8-14(11-15,9-7-12)13(16)5-4-10-17-2/h12-13,16H,3-11,15H2,1-2H3. The van der Waals surface area contributed by atoms with Gasteiger partial charge < -0.3 is 10.8 Å². The monoisotopic (exact) mass is 259 g/mol. The van der Waals surface area contributed by atoms with E-state index in [1.165, 1.54) is 19.3 Å². The zero-order chi connectivity index (χ0) is 12.7. The lowest BCUT2D eigenvalue weighted by molar-refractivity contribution is -0.0134. The summed E-state index contributed by atoms with van der Waals surface area (Å²) in [5, 5.41) is 10.4. The summed E-state index contributed by atoms with van der Waals surface area (Å²) >= 11 is 1.86. The van der Waals surface area contributed by atoms with Crippen LogP contribution in [0.1, 0.15) is 51.9 Å². The van der Waals surface area contributed by atoms with Crippen molar-refractivity contribution in [1.82, 2.24) is 0 Å². The molecule has 0 radical (unpaired) electrons. The van der Waals surface area contributed by atoms with Crippen molar-refractivity contribution in [2.24, 2.45) is 17.1 Å². The lowest BCUT2D eigenvalue weighted by atomic mass is 9.66. The molecule has 1 atom stereocenters. The highest BCUT2D eigenvalue weighted by molar-refractivity contribution is 7.98. The Kier molecular flexibility index (Phi) is 6.90. The Morgan fingerprint density at radius 3 is 2.53 bits per heavy atom. The maximum Gasteiger partial charge on any atom is 0.0608 e. The van der Waals surface area contributed by atoms with Crippen LogP contribution in [0.25, 0.3) is 0 Å². The van der Waals surface area contributed by atoms with Gasteiger partial charge in [-0.1, -0.05) is 13.3 Å². The van der Waals surface area contributed by atoms with Crippen LogP contribution in [0, 0.1) is 11.3 Å². The molecule has 0 aromatic heterocycles. The zero-order valence-corrected chi connectivity index (χ0v) is 12.3. The Morgan fingerprint density at radius 2 is 2.06 bits per heavy atom. The molecule has 102 valence electrons. The molecular weight excluding hydrogens is 230 g/mol. The first kappa shape index (κ1) is 15.3. The van der Waals surface area contributed by atoms with Crippen molar-refractivity contribution >= 4 is 11.8 Å². The summed E-state index contributed by atoms with van der Waals surface area (Å²) < 4.78 is 0. The quantitative estimate of drug-likeness (QED) is 0.691. The van der Waals surface area contributed by atoms with Crippen LogP contribution in [0.3, 0.4) is 0 Å². The molecule has 0 aromatic rings. The predicted octanol–water partition coefficient (Wildman–Crippen LogP) is 3.04. The largest absolute Gasteiger partial charge is 0.393 e. The zero-order valence-electron chi connectivity index (χ0n) is 11.5. The van der Waals surface area contributed by atoms with Crippen LogP contribution >= 0.6 is 11.8 Å². The average Bonchev–Trinajstić information content (AvgIpc) is 2.39. The minimum absolute atomic E-state index is 0.0318. The minimum atomic E-state index is -0.183. The molecule has 3 heteroatoms. The fraction of sp³-hybridized carbons (Fsp3) is 1.00. The van der Waals surface area contributed by atoms with Crippen molar-refractivity contribution in [2.75, 3.05) is 18.6 Å². The Hall–Kier alpha value is 0.270. The summed E-state index contributed by atoms with van der Waals surface area (Å²) in [5.74, 6) is 2.02. The van der Waals surface area contributed by atoms with Crippen molar-refractivity contribution in [3.8, 4) is 0 Å². The molecule has 3 N–H and O–H groups in total. The minimum Gasteiger partial charge on any atom is -0.393 e. The summed E-state index contributed by atoms with van der Waals surface area (Å²) in [5.41, 5.74) is 6.00. The van der Waals surface area contributed by atoms with Crippen LogP contribution in [0.2, 0.25) is 0 Å². The van der Waals surface area contributed by atoms with E-state index in [4.69, 9.17) is 5.73 Å². The summed E-state index contributed by atoms with van der Waals surface area (Å²) in [6.07, 6.45) is 10.0. The molecular formula is C14H29NOS. The molecule has 2 nitrogen and oxygen atoms in total. The molecule has 1 aliphatic rings. The number of thioether (sulfide) groups is 1. The van der Waals surface area contributed by atoms with E-state index in [1.54, 1.807) is 0 Å². The van der Waals surface area contributed by atoms with Gasteiger partial charge in [0.25, 0.3) is 0 Å². The second-order valence-corrected chi connectivity index (χ2v) is 6.55. The molecule has 17 heavy (non-hydrogen) atoms. The van der Waals surface area contributed by atoms with E-state index in [2.05, 4.69) is 13.2 Å². The first-order valence-electron chi connectivity index (χ1n) is 7.05. The van der Waals surface area contributed by atoms with E-state index in [9.17, 15) is 5.11 Å². The number of aliphatic hydroxyl groups is 1. The third-order valence-electron chi connectivity index (χ3n) is 4.62. The Morgan fingerprint density at radius 1 is 1.41 bits per heavy atom. The van der Waals surface area contributed by atoms with Crippen LogP contribution in [-0.2, 0) is 0 Å².